The van der Waals surface area contributed by atoms with Crippen molar-refractivity contribution >= 4 is 40.4 Å². The van der Waals surface area contributed by atoms with Crippen LogP contribution in [-0.4, -0.2) is 16.1 Å². The minimum Gasteiger partial charge on any atom is -0.268 e. The number of amides is 2. The standard InChI is InChI=1S/C17H9F3N2O4S/c18-17(19,20)11-4-2-5-12(9-11)21-15(23)14(27-16(21)24)8-10-3-1-6-13(7-10)22(25)26/h1-9H/b14-8-. The first-order valence-electron chi connectivity index (χ1n) is 7.36. The van der Waals surface area contributed by atoms with Gasteiger partial charge in [0.05, 0.1) is 21.1 Å². The van der Waals surface area contributed by atoms with Gasteiger partial charge in [-0.05, 0) is 41.6 Å². The number of hydrogen-bond donors (Lipinski definition) is 0. The lowest BCUT2D eigenvalue weighted by Gasteiger charge is -2.14. The normalized spacial score (nSPS) is 16.3. The third kappa shape index (κ3) is 3.85. The van der Waals surface area contributed by atoms with E-state index in [4.69, 9.17) is 0 Å². The SMILES string of the molecule is O=C1S/C(=C\c2cccc([N+](=O)[O-])c2)C(=O)N1c1cccc(C(F)(F)F)c1. The van der Waals surface area contributed by atoms with Crippen molar-refractivity contribution in [1.82, 2.24) is 0 Å². The molecule has 0 radical (unpaired) electrons. The summed E-state index contributed by atoms with van der Waals surface area (Å²) in [5.41, 5.74) is -1.06. The zero-order chi connectivity index (χ0) is 19.8. The van der Waals surface area contributed by atoms with E-state index in [1.54, 1.807) is 0 Å². The Balaban J connectivity index is 1.94. The lowest BCUT2D eigenvalue weighted by molar-refractivity contribution is -0.384. The predicted molar refractivity (Wildman–Crippen MR) is 93.0 cm³/mol. The van der Waals surface area contributed by atoms with Gasteiger partial charge in [0, 0.05) is 12.1 Å². The first kappa shape index (κ1) is 18.6. The average molecular weight is 394 g/mol. The van der Waals surface area contributed by atoms with Gasteiger partial charge in [-0.1, -0.05) is 18.2 Å². The Bertz CT molecular complexity index is 988. The van der Waals surface area contributed by atoms with Gasteiger partial charge in [-0.2, -0.15) is 13.2 Å². The van der Waals surface area contributed by atoms with Crippen LogP contribution < -0.4 is 4.90 Å². The molecule has 1 saturated heterocycles. The van der Waals surface area contributed by atoms with Crippen molar-refractivity contribution in [3.63, 3.8) is 0 Å². The molecular formula is C17H9F3N2O4S. The number of rotatable bonds is 3. The van der Waals surface area contributed by atoms with Crippen LogP contribution >= 0.6 is 11.8 Å². The van der Waals surface area contributed by atoms with Crippen molar-refractivity contribution < 1.29 is 27.7 Å². The molecule has 1 heterocycles. The van der Waals surface area contributed by atoms with Crippen molar-refractivity contribution in [1.29, 1.82) is 0 Å². The third-order valence-electron chi connectivity index (χ3n) is 3.60. The molecule has 0 aliphatic carbocycles. The molecule has 1 fully saturated rings. The minimum absolute atomic E-state index is 0.0436. The van der Waals surface area contributed by atoms with E-state index >= 15 is 0 Å². The summed E-state index contributed by atoms with van der Waals surface area (Å²) in [7, 11) is 0. The summed E-state index contributed by atoms with van der Waals surface area (Å²) < 4.78 is 38.6. The summed E-state index contributed by atoms with van der Waals surface area (Å²) in [5, 5.41) is 10.1. The molecular weight excluding hydrogens is 385 g/mol. The van der Waals surface area contributed by atoms with Crippen molar-refractivity contribution in [2.75, 3.05) is 4.90 Å². The van der Waals surface area contributed by atoms with Crippen LogP contribution in [0.4, 0.5) is 29.3 Å². The van der Waals surface area contributed by atoms with Gasteiger partial charge >= 0.3 is 6.18 Å². The molecule has 10 heteroatoms. The predicted octanol–water partition coefficient (Wildman–Crippen LogP) is 4.85. The van der Waals surface area contributed by atoms with Gasteiger partial charge in [0.15, 0.2) is 0 Å². The lowest BCUT2D eigenvalue weighted by Crippen LogP contribution is -2.28. The molecule has 1 aliphatic rings. The van der Waals surface area contributed by atoms with Gasteiger partial charge in [-0.15, -0.1) is 0 Å². The highest BCUT2D eigenvalue weighted by molar-refractivity contribution is 8.19. The molecule has 0 bridgehead atoms. The van der Waals surface area contributed by atoms with Gasteiger partial charge in [-0.3, -0.25) is 19.7 Å². The zero-order valence-corrected chi connectivity index (χ0v) is 14.1. The Hall–Kier alpha value is -3.14. The first-order chi connectivity index (χ1) is 12.7. The molecule has 0 N–H and O–H groups in total. The van der Waals surface area contributed by atoms with Gasteiger partial charge in [0.2, 0.25) is 0 Å². The van der Waals surface area contributed by atoms with E-state index in [-0.39, 0.29) is 16.3 Å². The number of thioether (sulfide) groups is 1. The molecule has 2 aromatic carbocycles. The summed E-state index contributed by atoms with van der Waals surface area (Å²) in [6.45, 7) is 0. The Morgan fingerprint density at radius 1 is 1.07 bits per heavy atom. The number of halogens is 3. The van der Waals surface area contributed by atoms with Crippen LogP contribution in [0.25, 0.3) is 6.08 Å². The highest BCUT2D eigenvalue weighted by Gasteiger charge is 2.38. The van der Waals surface area contributed by atoms with Crippen LogP contribution in [0.1, 0.15) is 11.1 Å². The first-order valence-corrected chi connectivity index (χ1v) is 8.18. The third-order valence-corrected chi connectivity index (χ3v) is 4.47. The second-order valence-corrected chi connectivity index (χ2v) is 6.41. The Morgan fingerprint density at radius 2 is 1.78 bits per heavy atom. The maximum Gasteiger partial charge on any atom is 0.416 e. The number of hydrogen-bond acceptors (Lipinski definition) is 5. The van der Waals surface area contributed by atoms with E-state index in [1.807, 2.05) is 0 Å². The Kier molecular flexibility index (Phi) is 4.75. The molecule has 0 spiro atoms. The number of nitro benzene ring substituents is 1. The van der Waals surface area contributed by atoms with E-state index in [1.165, 1.54) is 36.4 Å². The largest absolute Gasteiger partial charge is 0.416 e. The van der Waals surface area contributed by atoms with Crippen LogP contribution in [0, 0.1) is 10.1 Å². The van der Waals surface area contributed by atoms with E-state index < -0.39 is 27.8 Å². The molecule has 2 amide bonds. The van der Waals surface area contributed by atoms with Gasteiger partial charge in [0.25, 0.3) is 16.8 Å². The summed E-state index contributed by atoms with van der Waals surface area (Å²) in [6.07, 6.45) is -3.33. The second kappa shape index (κ2) is 6.88. The Morgan fingerprint density at radius 3 is 2.44 bits per heavy atom. The van der Waals surface area contributed by atoms with Gasteiger partial charge < -0.3 is 0 Å². The van der Waals surface area contributed by atoms with Crippen LogP contribution in [0.2, 0.25) is 0 Å². The smallest absolute Gasteiger partial charge is 0.268 e. The van der Waals surface area contributed by atoms with Crippen molar-refractivity contribution in [3.8, 4) is 0 Å². The van der Waals surface area contributed by atoms with Crippen LogP contribution in [0.5, 0.6) is 0 Å². The van der Waals surface area contributed by atoms with E-state index in [0.29, 0.717) is 28.3 Å². The number of alkyl halides is 3. The number of imide groups is 1. The zero-order valence-electron chi connectivity index (χ0n) is 13.3. The highest BCUT2D eigenvalue weighted by atomic mass is 32.2. The van der Waals surface area contributed by atoms with E-state index in [9.17, 15) is 32.9 Å². The van der Waals surface area contributed by atoms with Gasteiger partial charge in [0.1, 0.15) is 0 Å². The number of non-ortho nitro benzene ring substituents is 1. The fraction of sp³-hybridized carbons (Fsp3) is 0.0588. The minimum atomic E-state index is -4.61. The summed E-state index contributed by atoms with van der Waals surface area (Å²) in [6, 6.07) is 9.29. The van der Waals surface area contributed by atoms with Crippen LogP contribution in [0.3, 0.4) is 0 Å². The molecule has 0 saturated carbocycles. The maximum atomic E-state index is 12.9. The van der Waals surface area contributed by atoms with Crippen LogP contribution in [-0.2, 0) is 11.0 Å². The fourth-order valence-corrected chi connectivity index (χ4v) is 3.23. The summed E-state index contributed by atoms with van der Waals surface area (Å²) in [4.78, 5) is 35.5. The maximum absolute atomic E-state index is 12.9. The van der Waals surface area contributed by atoms with E-state index in [0.717, 1.165) is 12.1 Å². The Labute approximate surface area is 154 Å². The number of benzene rings is 2. The molecule has 0 atom stereocenters. The molecule has 2 aromatic rings. The van der Waals surface area contributed by atoms with E-state index in [2.05, 4.69) is 0 Å². The second-order valence-electron chi connectivity index (χ2n) is 5.42. The molecule has 0 aromatic heterocycles. The average Bonchev–Trinajstić information content (AvgIpc) is 2.88. The number of nitro groups is 1. The molecule has 6 nitrogen and oxygen atoms in total. The summed E-state index contributed by atoms with van der Waals surface area (Å²) in [5.74, 6) is -0.796. The van der Waals surface area contributed by atoms with Crippen molar-refractivity contribution in [2.45, 2.75) is 6.18 Å². The fourth-order valence-electron chi connectivity index (χ4n) is 2.39. The quantitative estimate of drug-likeness (QED) is 0.422. The topological polar surface area (TPSA) is 80.5 Å². The molecule has 27 heavy (non-hydrogen) atoms. The number of anilines is 1. The number of carbonyl (C=O) groups is 2. The molecule has 3 rings (SSSR count). The highest BCUT2D eigenvalue weighted by Crippen LogP contribution is 2.38. The molecule has 1 aliphatic heterocycles. The number of carbonyl (C=O) groups excluding carboxylic acids is 2. The van der Waals surface area contributed by atoms with Crippen molar-refractivity contribution in [3.05, 3.63) is 74.7 Å². The van der Waals surface area contributed by atoms with Crippen LogP contribution in [0.15, 0.2) is 53.4 Å². The lowest BCUT2D eigenvalue weighted by atomic mass is 10.1. The van der Waals surface area contributed by atoms with Crippen molar-refractivity contribution in [2.24, 2.45) is 0 Å². The molecule has 0 unspecified atom stereocenters. The number of nitrogens with zero attached hydrogens (tertiary/aromatic N) is 2. The molecule has 138 valence electrons. The monoisotopic (exact) mass is 394 g/mol. The summed E-state index contributed by atoms with van der Waals surface area (Å²) >= 11 is 0.547. The van der Waals surface area contributed by atoms with Gasteiger partial charge in [-0.25, -0.2) is 4.90 Å².